The van der Waals surface area contributed by atoms with E-state index in [4.69, 9.17) is 4.74 Å². The highest BCUT2D eigenvalue weighted by atomic mass is 19.3. The second-order valence-electron chi connectivity index (χ2n) is 6.85. The minimum atomic E-state index is -3.13. The molecule has 1 saturated heterocycles. The number of likely N-dealkylation sites (tertiary alicyclic amines) is 1. The van der Waals surface area contributed by atoms with Gasteiger partial charge in [0.2, 0.25) is 0 Å². The maximum Gasteiger partial charge on any atom is 0.410 e. The lowest BCUT2D eigenvalue weighted by atomic mass is 9.86. The number of alkyl halides is 2. The van der Waals surface area contributed by atoms with Crippen molar-refractivity contribution in [2.24, 2.45) is 0 Å². The number of carbonyl (C=O) groups is 1. The summed E-state index contributed by atoms with van der Waals surface area (Å²) in [6, 6.07) is 5.12. The summed E-state index contributed by atoms with van der Waals surface area (Å²) in [6.07, 6.45) is -0.700. The fourth-order valence-corrected chi connectivity index (χ4v) is 2.66. The number of hydrogen-bond donors (Lipinski definition) is 0. The number of benzene rings is 1. The molecule has 1 aliphatic heterocycles. The highest BCUT2D eigenvalue weighted by Crippen LogP contribution is 2.40. The molecule has 0 unspecified atom stereocenters. The first-order valence-electron chi connectivity index (χ1n) is 7.60. The van der Waals surface area contributed by atoms with E-state index in [0.29, 0.717) is 5.56 Å². The zero-order chi connectivity index (χ0) is 18.1. The van der Waals surface area contributed by atoms with Crippen molar-refractivity contribution in [1.82, 2.24) is 4.90 Å². The maximum atomic E-state index is 14.5. The molecule has 6 nitrogen and oxygen atoms in total. The molecule has 2 rings (SSSR count). The second kappa shape index (κ2) is 6.33. The second-order valence-corrected chi connectivity index (χ2v) is 6.85. The summed E-state index contributed by atoms with van der Waals surface area (Å²) >= 11 is 0. The number of ether oxygens (including phenoxy) is 1. The third-order valence-electron chi connectivity index (χ3n) is 3.76. The van der Waals surface area contributed by atoms with E-state index >= 15 is 0 Å². The van der Waals surface area contributed by atoms with Crippen molar-refractivity contribution in [2.75, 3.05) is 13.1 Å². The Morgan fingerprint density at radius 2 is 1.92 bits per heavy atom. The van der Waals surface area contributed by atoms with Gasteiger partial charge >= 0.3 is 6.09 Å². The van der Waals surface area contributed by atoms with Crippen LogP contribution in [0.4, 0.5) is 19.3 Å². The predicted molar refractivity (Wildman–Crippen MR) is 83.2 cm³/mol. The van der Waals surface area contributed by atoms with Crippen LogP contribution in [0.3, 0.4) is 0 Å². The van der Waals surface area contributed by atoms with Gasteiger partial charge in [0.15, 0.2) is 0 Å². The van der Waals surface area contributed by atoms with Gasteiger partial charge in [0, 0.05) is 18.7 Å². The van der Waals surface area contributed by atoms with Gasteiger partial charge in [0.25, 0.3) is 11.6 Å². The molecular formula is C16H20F2N2O4. The molecule has 8 heteroatoms. The molecule has 1 fully saturated rings. The Hall–Kier alpha value is -2.25. The lowest BCUT2D eigenvalue weighted by Crippen LogP contribution is -2.50. The monoisotopic (exact) mass is 342 g/mol. The fourth-order valence-electron chi connectivity index (χ4n) is 2.66. The molecule has 0 spiro atoms. The van der Waals surface area contributed by atoms with Crippen molar-refractivity contribution < 1.29 is 23.2 Å². The van der Waals surface area contributed by atoms with Crippen LogP contribution in [-0.4, -0.2) is 40.5 Å². The summed E-state index contributed by atoms with van der Waals surface area (Å²) in [5.74, 6) is -4.22. The third kappa shape index (κ3) is 4.18. The number of piperidine rings is 1. The minimum absolute atomic E-state index is 0.0596. The minimum Gasteiger partial charge on any atom is -0.444 e. The highest BCUT2D eigenvalue weighted by Gasteiger charge is 2.47. The predicted octanol–water partition coefficient (Wildman–Crippen LogP) is 3.95. The van der Waals surface area contributed by atoms with Crippen LogP contribution in [0.15, 0.2) is 24.3 Å². The molecule has 0 bridgehead atoms. The quantitative estimate of drug-likeness (QED) is 0.602. The number of rotatable bonds is 2. The molecule has 1 heterocycles. The van der Waals surface area contributed by atoms with Gasteiger partial charge in [0.05, 0.1) is 17.4 Å². The van der Waals surface area contributed by atoms with Gasteiger partial charge < -0.3 is 9.64 Å². The average molecular weight is 342 g/mol. The third-order valence-corrected chi connectivity index (χ3v) is 3.76. The molecule has 1 amide bonds. The van der Waals surface area contributed by atoms with Gasteiger partial charge in [-0.3, -0.25) is 10.1 Å². The highest BCUT2D eigenvalue weighted by molar-refractivity contribution is 5.68. The molecule has 1 atom stereocenters. The molecular weight excluding hydrogens is 322 g/mol. The normalized spacial score (nSPS) is 20.5. The molecule has 0 aliphatic carbocycles. The van der Waals surface area contributed by atoms with Crippen LogP contribution in [0.5, 0.6) is 0 Å². The van der Waals surface area contributed by atoms with E-state index in [1.54, 1.807) is 20.8 Å². The number of nitro groups is 1. The van der Waals surface area contributed by atoms with Crippen LogP contribution < -0.4 is 0 Å². The largest absolute Gasteiger partial charge is 0.444 e. The SMILES string of the molecule is CC(C)(C)OC(=O)N1CC[C@H](c2ccc([N+](=O)[O-])cc2)C(F)(F)C1. The van der Waals surface area contributed by atoms with Gasteiger partial charge in [-0.05, 0) is 32.8 Å². The van der Waals surface area contributed by atoms with Crippen LogP contribution in [-0.2, 0) is 4.74 Å². The first kappa shape index (κ1) is 18.1. The topological polar surface area (TPSA) is 72.7 Å². The Bertz CT molecular complexity index is 626. The molecule has 1 aliphatic rings. The smallest absolute Gasteiger partial charge is 0.410 e. The average Bonchev–Trinajstić information content (AvgIpc) is 2.44. The number of halogens is 2. The van der Waals surface area contributed by atoms with Crippen LogP contribution in [0.25, 0.3) is 0 Å². The van der Waals surface area contributed by atoms with E-state index in [1.807, 2.05) is 0 Å². The number of non-ortho nitro benzene ring substituents is 1. The van der Waals surface area contributed by atoms with E-state index in [1.165, 1.54) is 24.3 Å². The molecule has 1 aromatic rings. The summed E-state index contributed by atoms with van der Waals surface area (Å²) in [4.78, 5) is 23.0. The molecule has 0 radical (unpaired) electrons. The standard InChI is InChI=1S/C16H20F2N2O4/c1-15(2,3)24-14(21)19-9-8-13(16(17,18)10-19)11-4-6-12(7-5-11)20(22)23/h4-7,13H,8-10H2,1-3H3/t13-/m1/s1. The lowest BCUT2D eigenvalue weighted by Gasteiger charge is -2.39. The van der Waals surface area contributed by atoms with Crippen molar-refractivity contribution in [3.63, 3.8) is 0 Å². The number of carbonyl (C=O) groups excluding carboxylic acids is 1. The van der Waals surface area contributed by atoms with Gasteiger partial charge in [-0.15, -0.1) is 0 Å². The Morgan fingerprint density at radius 3 is 2.38 bits per heavy atom. The van der Waals surface area contributed by atoms with Gasteiger partial charge in [-0.2, -0.15) is 0 Å². The summed E-state index contributed by atoms with van der Waals surface area (Å²) in [6.45, 7) is 4.43. The number of amides is 1. The summed E-state index contributed by atoms with van der Waals surface area (Å²) < 4.78 is 34.1. The number of nitro benzene ring substituents is 1. The summed E-state index contributed by atoms with van der Waals surface area (Å²) in [5, 5.41) is 10.6. The van der Waals surface area contributed by atoms with E-state index < -0.39 is 35.0 Å². The number of hydrogen-bond acceptors (Lipinski definition) is 4. The molecule has 0 aromatic heterocycles. The molecule has 0 N–H and O–H groups in total. The van der Waals surface area contributed by atoms with Gasteiger partial charge in [-0.1, -0.05) is 12.1 Å². The first-order chi connectivity index (χ1) is 11.0. The number of nitrogens with zero attached hydrogens (tertiary/aromatic N) is 2. The lowest BCUT2D eigenvalue weighted by molar-refractivity contribution is -0.384. The Kier molecular flexibility index (Phi) is 4.77. The van der Waals surface area contributed by atoms with Crippen LogP contribution in [0, 0.1) is 10.1 Å². The fraction of sp³-hybridized carbons (Fsp3) is 0.562. The molecule has 132 valence electrons. The zero-order valence-electron chi connectivity index (χ0n) is 13.8. The van der Waals surface area contributed by atoms with Crippen molar-refractivity contribution in [3.05, 3.63) is 39.9 Å². The molecule has 0 saturated carbocycles. The van der Waals surface area contributed by atoms with Crippen LogP contribution >= 0.6 is 0 Å². The maximum absolute atomic E-state index is 14.5. The van der Waals surface area contributed by atoms with Crippen LogP contribution in [0.1, 0.15) is 38.7 Å². The van der Waals surface area contributed by atoms with E-state index in [0.717, 1.165) is 4.90 Å². The van der Waals surface area contributed by atoms with Crippen molar-refractivity contribution in [3.8, 4) is 0 Å². The molecule has 1 aromatic carbocycles. The van der Waals surface area contributed by atoms with E-state index in [-0.39, 0.29) is 18.7 Å². The summed E-state index contributed by atoms with van der Waals surface area (Å²) in [7, 11) is 0. The Labute approximate surface area is 138 Å². The van der Waals surface area contributed by atoms with Gasteiger partial charge in [-0.25, -0.2) is 13.6 Å². The van der Waals surface area contributed by atoms with Gasteiger partial charge in [0.1, 0.15) is 5.60 Å². The summed E-state index contributed by atoms with van der Waals surface area (Å²) in [5.41, 5.74) is -0.565. The Morgan fingerprint density at radius 1 is 1.33 bits per heavy atom. The molecule has 24 heavy (non-hydrogen) atoms. The van der Waals surface area contributed by atoms with Crippen LogP contribution in [0.2, 0.25) is 0 Å². The van der Waals surface area contributed by atoms with E-state index in [9.17, 15) is 23.7 Å². The van der Waals surface area contributed by atoms with Crippen molar-refractivity contribution in [2.45, 2.75) is 44.6 Å². The Balaban J connectivity index is 2.11. The first-order valence-corrected chi connectivity index (χ1v) is 7.60. The van der Waals surface area contributed by atoms with Crippen molar-refractivity contribution >= 4 is 11.8 Å². The van der Waals surface area contributed by atoms with Crippen molar-refractivity contribution in [1.29, 1.82) is 0 Å². The zero-order valence-corrected chi connectivity index (χ0v) is 13.8. The van der Waals surface area contributed by atoms with E-state index in [2.05, 4.69) is 0 Å².